The Morgan fingerprint density at radius 1 is 1.41 bits per heavy atom. The molecule has 1 aliphatic rings. The third-order valence-electron chi connectivity index (χ3n) is 3.67. The molecule has 0 spiro atoms. The monoisotopic (exact) mass is 229 g/mol. The molecule has 1 heterocycles. The van der Waals surface area contributed by atoms with E-state index in [1.807, 2.05) is 6.07 Å². The van der Waals surface area contributed by atoms with Gasteiger partial charge in [0, 0.05) is 12.2 Å². The summed E-state index contributed by atoms with van der Waals surface area (Å²) in [6.45, 7) is 2.27. The zero-order valence-corrected chi connectivity index (χ0v) is 10.3. The second-order valence-corrected chi connectivity index (χ2v) is 4.81. The number of aromatic nitrogens is 1. The van der Waals surface area contributed by atoms with E-state index in [1.54, 1.807) is 12.3 Å². The first-order chi connectivity index (χ1) is 8.31. The molecule has 3 nitrogen and oxygen atoms in total. The smallest absolute Gasteiger partial charge is 0.127 e. The van der Waals surface area contributed by atoms with Gasteiger partial charge in [-0.25, -0.2) is 4.98 Å². The molecule has 17 heavy (non-hydrogen) atoms. The zero-order chi connectivity index (χ0) is 12.1. The highest BCUT2D eigenvalue weighted by Crippen LogP contribution is 2.28. The van der Waals surface area contributed by atoms with Gasteiger partial charge in [-0.1, -0.05) is 13.3 Å². The van der Waals surface area contributed by atoms with Gasteiger partial charge in [0.15, 0.2) is 0 Å². The average molecular weight is 229 g/mol. The molecule has 0 atom stereocenters. The normalized spacial score (nSPS) is 24.0. The minimum absolute atomic E-state index is 0.527. The number of anilines is 1. The molecule has 0 saturated heterocycles. The summed E-state index contributed by atoms with van der Waals surface area (Å²) >= 11 is 0. The molecule has 3 heteroatoms. The third-order valence-corrected chi connectivity index (χ3v) is 3.67. The Balaban J connectivity index is 1.91. The van der Waals surface area contributed by atoms with Crippen LogP contribution in [0.3, 0.4) is 0 Å². The van der Waals surface area contributed by atoms with Gasteiger partial charge in [0.2, 0.25) is 0 Å². The van der Waals surface area contributed by atoms with Gasteiger partial charge >= 0.3 is 0 Å². The van der Waals surface area contributed by atoms with Crippen LogP contribution in [0.4, 0.5) is 5.82 Å². The quantitative estimate of drug-likeness (QED) is 0.864. The maximum atomic E-state index is 8.83. The molecule has 0 amide bonds. The molecule has 0 aliphatic heterocycles. The first-order valence-corrected chi connectivity index (χ1v) is 6.44. The molecule has 1 N–H and O–H groups in total. The second-order valence-electron chi connectivity index (χ2n) is 4.81. The van der Waals surface area contributed by atoms with Crippen LogP contribution < -0.4 is 5.32 Å². The Morgan fingerprint density at radius 3 is 2.82 bits per heavy atom. The van der Waals surface area contributed by atoms with Crippen molar-refractivity contribution in [2.75, 3.05) is 5.32 Å². The van der Waals surface area contributed by atoms with Crippen molar-refractivity contribution in [1.82, 2.24) is 4.98 Å². The molecule has 90 valence electrons. The number of hydrogen-bond donors (Lipinski definition) is 1. The molecule has 1 aromatic rings. The van der Waals surface area contributed by atoms with Crippen molar-refractivity contribution in [2.45, 2.75) is 45.1 Å². The number of nitriles is 1. The fraction of sp³-hybridized carbons (Fsp3) is 0.571. The van der Waals surface area contributed by atoms with E-state index in [1.165, 1.54) is 32.1 Å². The maximum Gasteiger partial charge on any atom is 0.127 e. The minimum Gasteiger partial charge on any atom is -0.367 e. The van der Waals surface area contributed by atoms with Gasteiger partial charge < -0.3 is 5.32 Å². The summed E-state index contributed by atoms with van der Waals surface area (Å²) < 4.78 is 0. The van der Waals surface area contributed by atoms with E-state index >= 15 is 0 Å². The van der Waals surface area contributed by atoms with Crippen molar-refractivity contribution >= 4 is 5.82 Å². The molecule has 0 bridgehead atoms. The Bertz CT molecular complexity index is 400. The maximum absolute atomic E-state index is 8.83. The number of nitrogens with one attached hydrogen (secondary N) is 1. The molecule has 1 aromatic heterocycles. The van der Waals surface area contributed by atoms with Crippen LogP contribution in [-0.4, -0.2) is 11.0 Å². The van der Waals surface area contributed by atoms with E-state index in [0.29, 0.717) is 11.6 Å². The van der Waals surface area contributed by atoms with Gasteiger partial charge in [-0.3, -0.25) is 0 Å². The van der Waals surface area contributed by atoms with E-state index in [4.69, 9.17) is 5.26 Å². The lowest BCUT2D eigenvalue weighted by molar-refractivity contribution is 0.330. The van der Waals surface area contributed by atoms with E-state index in [9.17, 15) is 0 Å². The molecule has 1 saturated carbocycles. The number of rotatable bonds is 3. The van der Waals surface area contributed by atoms with Crippen molar-refractivity contribution in [1.29, 1.82) is 5.26 Å². The van der Waals surface area contributed by atoms with E-state index in [-0.39, 0.29) is 0 Å². The summed E-state index contributed by atoms with van der Waals surface area (Å²) in [4.78, 5) is 4.26. The molecular weight excluding hydrogens is 210 g/mol. The van der Waals surface area contributed by atoms with Crippen LogP contribution in [0.2, 0.25) is 0 Å². The van der Waals surface area contributed by atoms with Crippen LogP contribution in [0.5, 0.6) is 0 Å². The summed E-state index contributed by atoms with van der Waals surface area (Å²) in [6.07, 6.45) is 8.06. The van der Waals surface area contributed by atoms with Gasteiger partial charge in [-0.2, -0.15) is 5.26 Å². The number of hydrogen-bond acceptors (Lipinski definition) is 3. The Kier molecular flexibility index (Phi) is 3.98. The summed E-state index contributed by atoms with van der Waals surface area (Å²) in [5, 5.41) is 12.3. The lowest BCUT2D eigenvalue weighted by Gasteiger charge is -2.28. The number of pyridine rings is 1. The van der Waals surface area contributed by atoms with Crippen molar-refractivity contribution in [3.8, 4) is 6.07 Å². The van der Waals surface area contributed by atoms with Crippen molar-refractivity contribution in [2.24, 2.45) is 5.92 Å². The molecular formula is C14H19N3. The van der Waals surface area contributed by atoms with Crippen LogP contribution in [0, 0.1) is 17.2 Å². The van der Waals surface area contributed by atoms with Gasteiger partial charge in [-0.05, 0) is 43.7 Å². The highest BCUT2D eigenvalue weighted by molar-refractivity contribution is 5.43. The summed E-state index contributed by atoms with van der Waals surface area (Å²) in [5.74, 6) is 1.75. The predicted octanol–water partition coefficient (Wildman–Crippen LogP) is 3.33. The summed E-state index contributed by atoms with van der Waals surface area (Å²) in [7, 11) is 0. The Labute approximate surface area is 103 Å². The highest BCUT2D eigenvalue weighted by atomic mass is 15.0. The van der Waals surface area contributed by atoms with Crippen LogP contribution >= 0.6 is 0 Å². The van der Waals surface area contributed by atoms with Gasteiger partial charge in [-0.15, -0.1) is 0 Å². The molecule has 1 fully saturated rings. The lowest BCUT2D eigenvalue weighted by atomic mass is 9.84. The van der Waals surface area contributed by atoms with Crippen LogP contribution in [0.15, 0.2) is 18.3 Å². The molecule has 0 aromatic carbocycles. The van der Waals surface area contributed by atoms with Crippen LogP contribution in [0.1, 0.15) is 44.6 Å². The van der Waals surface area contributed by atoms with Gasteiger partial charge in [0.1, 0.15) is 5.82 Å². The molecule has 0 unspecified atom stereocenters. The van der Waals surface area contributed by atoms with Gasteiger partial charge in [0.05, 0.1) is 11.6 Å². The van der Waals surface area contributed by atoms with Crippen molar-refractivity contribution in [3.63, 3.8) is 0 Å². The molecule has 2 rings (SSSR count). The summed E-state index contributed by atoms with van der Waals surface area (Å²) in [6, 6.07) is 6.23. The number of nitrogens with zero attached hydrogens (tertiary/aromatic N) is 2. The second kappa shape index (κ2) is 5.67. The standard InChI is InChI=1S/C14H19N3/c1-2-11-3-5-13(6-4-11)17-14-9-12(10-15)7-8-16-14/h7-9,11,13H,2-6H2,1H3,(H,16,17). The van der Waals surface area contributed by atoms with Crippen LogP contribution in [-0.2, 0) is 0 Å². The predicted molar refractivity (Wildman–Crippen MR) is 68.6 cm³/mol. The largest absolute Gasteiger partial charge is 0.367 e. The topological polar surface area (TPSA) is 48.7 Å². The zero-order valence-electron chi connectivity index (χ0n) is 10.3. The third kappa shape index (κ3) is 3.20. The average Bonchev–Trinajstić information content (AvgIpc) is 2.40. The lowest BCUT2D eigenvalue weighted by Crippen LogP contribution is -2.26. The first kappa shape index (κ1) is 11.9. The highest BCUT2D eigenvalue weighted by Gasteiger charge is 2.19. The Hall–Kier alpha value is -1.56. The van der Waals surface area contributed by atoms with Crippen LogP contribution in [0.25, 0.3) is 0 Å². The van der Waals surface area contributed by atoms with Crippen molar-refractivity contribution in [3.05, 3.63) is 23.9 Å². The molecule has 1 aliphatic carbocycles. The first-order valence-electron chi connectivity index (χ1n) is 6.44. The fourth-order valence-corrected chi connectivity index (χ4v) is 2.50. The Morgan fingerprint density at radius 2 is 2.18 bits per heavy atom. The summed E-state index contributed by atoms with van der Waals surface area (Å²) in [5.41, 5.74) is 0.671. The fourth-order valence-electron chi connectivity index (χ4n) is 2.50. The van der Waals surface area contributed by atoms with E-state index in [0.717, 1.165) is 11.7 Å². The minimum atomic E-state index is 0.527. The van der Waals surface area contributed by atoms with Gasteiger partial charge in [0.25, 0.3) is 0 Å². The van der Waals surface area contributed by atoms with E-state index in [2.05, 4.69) is 23.3 Å². The van der Waals surface area contributed by atoms with Crippen molar-refractivity contribution < 1.29 is 0 Å². The molecule has 0 radical (unpaired) electrons. The van der Waals surface area contributed by atoms with E-state index < -0.39 is 0 Å². The SMILES string of the molecule is CCC1CCC(Nc2cc(C#N)ccn2)CC1.